The molecule has 2 rings (SSSR count). The molecule has 1 amide bonds. The number of benzene rings is 1. The number of carbonyl (C=O) groups is 1. The zero-order valence-corrected chi connectivity index (χ0v) is 13.3. The number of rotatable bonds is 4. The molecule has 1 heterocycles. The fourth-order valence-corrected chi connectivity index (χ4v) is 3.53. The van der Waals surface area contributed by atoms with Crippen LogP contribution in [0.15, 0.2) is 18.2 Å². The SMILES string of the molecule is Cc1ccc(C)c(C(C)NC(=O)CC2CSCCN2)c1. The standard InChI is InChI=1S/C16H24N2OS/c1-11-4-5-12(2)15(8-11)13(3)18-16(19)9-14-10-20-7-6-17-14/h4-5,8,13-14,17H,6-7,9-10H2,1-3H3,(H,18,19). The van der Waals surface area contributed by atoms with Gasteiger partial charge in [0.25, 0.3) is 0 Å². The van der Waals surface area contributed by atoms with Gasteiger partial charge in [0.2, 0.25) is 5.91 Å². The monoisotopic (exact) mass is 292 g/mol. The Morgan fingerprint density at radius 1 is 1.50 bits per heavy atom. The molecular weight excluding hydrogens is 268 g/mol. The van der Waals surface area contributed by atoms with Gasteiger partial charge in [0.05, 0.1) is 6.04 Å². The average molecular weight is 292 g/mol. The summed E-state index contributed by atoms with van der Waals surface area (Å²) in [5.74, 6) is 2.32. The first-order valence-electron chi connectivity index (χ1n) is 7.24. The fraction of sp³-hybridized carbons (Fsp3) is 0.562. The van der Waals surface area contributed by atoms with Crippen LogP contribution >= 0.6 is 11.8 Å². The van der Waals surface area contributed by atoms with Crippen molar-refractivity contribution in [2.45, 2.75) is 39.3 Å². The molecule has 110 valence electrons. The maximum Gasteiger partial charge on any atom is 0.222 e. The maximum absolute atomic E-state index is 12.1. The van der Waals surface area contributed by atoms with Crippen molar-refractivity contribution in [1.82, 2.24) is 10.6 Å². The van der Waals surface area contributed by atoms with Gasteiger partial charge < -0.3 is 10.6 Å². The zero-order valence-electron chi connectivity index (χ0n) is 12.5. The predicted octanol–water partition coefficient (Wildman–Crippen LogP) is 2.58. The van der Waals surface area contributed by atoms with Crippen molar-refractivity contribution in [2.75, 3.05) is 18.1 Å². The van der Waals surface area contributed by atoms with Gasteiger partial charge >= 0.3 is 0 Å². The highest BCUT2D eigenvalue weighted by atomic mass is 32.2. The van der Waals surface area contributed by atoms with E-state index in [1.165, 1.54) is 16.7 Å². The Bertz CT molecular complexity index is 470. The molecule has 1 aromatic carbocycles. The van der Waals surface area contributed by atoms with Crippen LogP contribution in [0.4, 0.5) is 0 Å². The highest BCUT2D eigenvalue weighted by Gasteiger charge is 2.18. The molecule has 0 saturated carbocycles. The lowest BCUT2D eigenvalue weighted by Gasteiger charge is -2.24. The molecule has 20 heavy (non-hydrogen) atoms. The van der Waals surface area contributed by atoms with E-state index in [-0.39, 0.29) is 11.9 Å². The summed E-state index contributed by atoms with van der Waals surface area (Å²) in [5, 5.41) is 6.53. The van der Waals surface area contributed by atoms with Gasteiger partial charge in [-0.15, -0.1) is 0 Å². The minimum absolute atomic E-state index is 0.0682. The summed E-state index contributed by atoms with van der Waals surface area (Å²) in [4.78, 5) is 12.1. The van der Waals surface area contributed by atoms with Crippen molar-refractivity contribution in [1.29, 1.82) is 0 Å². The van der Waals surface area contributed by atoms with Crippen LogP contribution in [0.5, 0.6) is 0 Å². The van der Waals surface area contributed by atoms with Crippen LogP contribution in [0.2, 0.25) is 0 Å². The molecule has 1 aromatic rings. The number of aryl methyl sites for hydroxylation is 2. The van der Waals surface area contributed by atoms with Gasteiger partial charge in [-0.3, -0.25) is 4.79 Å². The van der Waals surface area contributed by atoms with E-state index < -0.39 is 0 Å². The van der Waals surface area contributed by atoms with Crippen LogP contribution in [0.3, 0.4) is 0 Å². The molecule has 2 atom stereocenters. The minimum atomic E-state index is 0.0682. The summed E-state index contributed by atoms with van der Waals surface area (Å²) in [6, 6.07) is 6.77. The van der Waals surface area contributed by atoms with Gasteiger partial charge in [0.1, 0.15) is 0 Å². The second-order valence-electron chi connectivity index (χ2n) is 5.58. The number of amides is 1. The minimum Gasteiger partial charge on any atom is -0.350 e. The molecule has 0 aromatic heterocycles. The molecule has 0 radical (unpaired) electrons. The first-order valence-corrected chi connectivity index (χ1v) is 8.39. The normalized spacial score (nSPS) is 20.4. The van der Waals surface area contributed by atoms with E-state index in [4.69, 9.17) is 0 Å². The Balaban J connectivity index is 1.91. The Morgan fingerprint density at radius 2 is 2.30 bits per heavy atom. The van der Waals surface area contributed by atoms with Crippen molar-refractivity contribution in [3.8, 4) is 0 Å². The third-order valence-corrected chi connectivity index (χ3v) is 4.84. The third kappa shape index (κ3) is 4.25. The fourth-order valence-electron chi connectivity index (χ4n) is 2.58. The topological polar surface area (TPSA) is 41.1 Å². The molecule has 1 aliphatic heterocycles. The molecule has 1 saturated heterocycles. The number of nitrogens with one attached hydrogen (secondary N) is 2. The van der Waals surface area contributed by atoms with E-state index in [1.54, 1.807) is 0 Å². The first kappa shape index (κ1) is 15.4. The molecule has 0 bridgehead atoms. The van der Waals surface area contributed by atoms with E-state index in [0.717, 1.165) is 18.1 Å². The van der Waals surface area contributed by atoms with Crippen molar-refractivity contribution >= 4 is 17.7 Å². The van der Waals surface area contributed by atoms with Gasteiger partial charge in [0.15, 0.2) is 0 Å². The van der Waals surface area contributed by atoms with Gasteiger partial charge in [-0.2, -0.15) is 11.8 Å². The van der Waals surface area contributed by atoms with Gasteiger partial charge in [-0.1, -0.05) is 23.8 Å². The summed E-state index contributed by atoms with van der Waals surface area (Å²) in [6.07, 6.45) is 0.572. The lowest BCUT2D eigenvalue weighted by molar-refractivity contribution is -0.122. The number of hydrogen-bond acceptors (Lipinski definition) is 3. The highest BCUT2D eigenvalue weighted by molar-refractivity contribution is 7.99. The third-order valence-electron chi connectivity index (χ3n) is 3.71. The molecule has 0 spiro atoms. The lowest BCUT2D eigenvalue weighted by Crippen LogP contribution is -2.41. The van der Waals surface area contributed by atoms with E-state index in [2.05, 4.69) is 49.6 Å². The molecular formula is C16H24N2OS. The molecule has 4 heteroatoms. The van der Waals surface area contributed by atoms with Crippen LogP contribution < -0.4 is 10.6 Å². The maximum atomic E-state index is 12.1. The molecule has 1 aliphatic rings. The summed E-state index contributed by atoms with van der Waals surface area (Å²) in [6.45, 7) is 7.25. The number of carbonyl (C=O) groups excluding carboxylic acids is 1. The second-order valence-corrected chi connectivity index (χ2v) is 6.73. The van der Waals surface area contributed by atoms with Gasteiger partial charge in [-0.05, 0) is 31.9 Å². The van der Waals surface area contributed by atoms with Gasteiger partial charge in [0, 0.05) is 30.5 Å². The molecule has 1 fully saturated rings. The highest BCUT2D eigenvalue weighted by Crippen LogP contribution is 2.19. The number of hydrogen-bond donors (Lipinski definition) is 2. The van der Waals surface area contributed by atoms with Crippen molar-refractivity contribution < 1.29 is 4.79 Å². The average Bonchev–Trinajstić information content (AvgIpc) is 2.42. The van der Waals surface area contributed by atoms with Crippen LogP contribution in [-0.4, -0.2) is 30.0 Å². The van der Waals surface area contributed by atoms with Crippen LogP contribution in [0, 0.1) is 13.8 Å². The summed E-state index contributed by atoms with van der Waals surface area (Å²) >= 11 is 1.92. The molecule has 2 N–H and O–H groups in total. The van der Waals surface area contributed by atoms with E-state index in [0.29, 0.717) is 12.5 Å². The Hall–Kier alpha value is -1.00. The second kappa shape index (κ2) is 7.14. The molecule has 3 nitrogen and oxygen atoms in total. The van der Waals surface area contributed by atoms with Gasteiger partial charge in [-0.25, -0.2) is 0 Å². The van der Waals surface area contributed by atoms with E-state index >= 15 is 0 Å². The summed E-state index contributed by atoms with van der Waals surface area (Å²) < 4.78 is 0. The van der Waals surface area contributed by atoms with E-state index in [1.807, 2.05) is 11.8 Å². The zero-order chi connectivity index (χ0) is 14.5. The molecule has 0 aliphatic carbocycles. The predicted molar refractivity (Wildman–Crippen MR) is 86.2 cm³/mol. The van der Waals surface area contributed by atoms with Crippen LogP contribution in [0.25, 0.3) is 0 Å². The Kier molecular flexibility index (Phi) is 5.49. The molecule has 2 unspecified atom stereocenters. The smallest absolute Gasteiger partial charge is 0.222 e. The van der Waals surface area contributed by atoms with Crippen molar-refractivity contribution in [2.24, 2.45) is 0 Å². The van der Waals surface area contributed by atoms with Crippen LogP contribution in [-0.2, 0) is 4.79 Å². The number of thioether (sulfide) groups is 1. The Morgan fingerprint density at radius 3 is 3.00 bits per heavy atom. The lowest BCUT2D eigenvalue weighted by atomic mass is 10.00. The first-order chi connectivity index (χ1) is 9.56. The van der Waals surface area contributed by atoms with Crippen molar-refractivity contribution in [3.63, 3.8) is 0 Å². The summed E-state index contributed by atoms with van der Waals surface area (Å²) in [7, 11) is 0. The van der Waals surface area contributed by atoms with Crippen LogP contribution in [0.1, 0.15) is 36.1 Å². The van der Waals surface area contributed by atoms with E-state index in [9.17, 15) is 4.79 Å². The quantitative estimate of drug-likeness (QED) is 0.896. The largest absolute Gasteiger partial charge is 0.350 e. The van der Waals surface area contributed by atoms with Crippen molar-refractivity contribution in [3.05, 3.63) is 34.9 Å². The summed E-state index contributed by atoms with van der Waals surface area (Å²) in [5.41, 5.74) is 3.68. The Labute approximate surface area is 125 Å².